The third-order valence-electron chi connectivity index (χ3n) is 12.0. The Hall–Kier alpha value is -1.22. The lowest BCUT2D eigenvalue weighted by Crippen LogP contribution is -2.57. The number of carbonyl (C=O) groups excluding carboxylic acids is 2. The molecule has 2 saturated carbocycles. The predicted octanol–water partition coefficient (Wildman–Crippen LogP) is 3.93. The van der Waals surface area contributed by atoms with Crippen LogP contribution in [0.1, 0.15) is 85.5 Å². The zero-order valence-corrected chi connectivity index (χ0v) is 27.0. The molecular formula is C34H60N4O4. The van der Waals surface area contributed by atoms with E-state index in [4.69, 9.17) is 9.47 Å². The summed E-state index contributed by atoms with van der Waals surface area (Å²) in [7, 11) is 0. The first-order valence-corrected chi connectivity index (χ1v) is 17.5. The van der Waals surface area contributed by atoms with Crippen LogP contribution in [0.25, 0.3) is 0 Å². The first-order valence-electron chi connectivity index (χ1n) is 17.5. The van der Waals surface area contributed by atoms with Gasteiger partial charge in [-0.15, -0.1) is 0 Å². The summed E-state index contributed by atoms with van der Waals surface area (Å²) >= 11 is 0. The van der Waals surface area contributed by atoms with Crippen LogP contribution in [0.5, 0.6) is 0 Å². The summed E-state index contributed by atoms with van der Waals surface area (Å²) in [5.41, 5.74) is 0. The van der Waals surface area contributed by atoms with Crippen LogP contribution in [-0.2, 0) is 19.1 Å². The Kier molecular flexibility index (Phi) is 11.6. The highest BCUT2D eigenvalue weighted by molar-refractivity contribution is 5.79. The standard InChI is InChI=1S/C34H60N4O4/c1-23-17-24(2)35-20-30(23)21-36-34(40)32-18-29(28-7-5-27(6-8-28)22-37-11-15-42-16-12-37)19-33(25(32)3)38(26(4)39)31-9-13-41-14-10-31/h23-25,27-33,35H,5-22H2,1-4H3,(H,36,40). The zero-order chi connectivity index (χ0) is 29.6. The van der Waals surface area contributed by atoms with E-state index in [9.17, 15) is 9.59 Å². The Balaban J connectivity index is 1.26. The van der Waals surface area contributed by atoms with Crippen molar-refractivity contribution in [2.75, 3.05) is 59.2 Å². The molecule has 42 heavy (non-hydrogen) atoms. The molecule has 3 saturated heterocycles. The van der Waals surface area contributed by atoms with Gasteiger partial charge < -0.3 is 25.0 Å². The summed E-state index contributed by atoms with van der Waals surface area (Å²) in [5, 5.41) is 7.03. The molecule has 240 valence electrons. The molecule has 2 amide bonds. The molecule has 0 spiro atoms. The van der Waals surface area contributed by atoms with Crippen molar-refractivity contribution in [3.63, 3.8) is 0 Å². The first-order chi connectivity index (χ1) is 20.3. The lowest BCUT2D eigenvalue weighted by molar-refractivity contribution is -0.145. The largest absolute Gasteiger partial charge is 0.381 e. The summed E-state index contributed by atoms with van der Waals surface area (Å²) < 4.78 is 11.2. The first kappa shape index (κ1) is 32.2. The third kappa shape index (κ3) is 8.08. The molecule has 0 bridgehead atoms. The third-order valence-corrected chi connectivity index (χ3v) is 12.0. The van der Waals surface area contributed by atoms with Gasteiger partial charge in [-0.05, 0) is 100 Å². The molecule has 7 unspecified atom stereocenters. The maximum absolute atomic E-state index is 14.0. The molecule has 8 heteroatoms. The normalized spacial score (nSPS) is 39.0. The Morgan fingerprint density at radius 2 is 1.57 bits per heavy atom. The molecule has 5 aliphatic rings. The van der Waals surface area contributed by atoms with Crippen LogP contribution in [0.4, 0.5) is 0 Å². The minimum atomic E-state index is -0.0349. The van der Waals surface area contributed by atoms with Crippen LogP contribution in [0.15, 0.2) is 0 Å². The average molecular weight is 589 g/mol. The van der Waals surface area contributed by atoms with E-state index in [1.807, 2.05) is 0 Å². The molecule has 3 heterocycles. The van der Waals surface area contributed by atoms with E-state index in [2.05, 4.69) is 41.2 Å². The SMILES string of the molecule is CC(=O)N(C1CCOCC1)C1CC(C2CCC(CN3CCOCC3)CC2)CC(C(=O)NCC2CNC(C)CC2C)C1C. The highest BCUT2D eigenvalue weighted by Gasteiger charge is 2.46. The number of carbonyl (C=O) groups is 2. The maximum Gasteiger partial charge on any atom is 0.223 e. The number of amides is 2. The van der Waals surface area contributed by atoms with Gasteiger partial charge in [-0.3, -0.25) is 14.5 Å². The van der Waals surface area contributed by atoms with Gasteiger partial charge in [-0.25, -0.2) is 0 Å². The number of nitrogens with zero attached hydrogens (tertiary/aromatic N) is 2. The highest BCUT2D eigenvalue weighted by atomic mass is 16.5. The van der Waals surface area contributed by atoms with Crippen molar-refractivity contribution in [3.05, 3.63) is 0 Å². The van der Waals surface area contributed by atoms with E-state index in [0.29, 0.717) is 29.7 Å². The molecule has 5 rings (SSSR count). The smallest absolute Gasteiger partial charge is 0.223 e. The van der Waals surface area contributed by atoms with Gasteiger partial charge in [-0.2, -0.15) is 0 Å². The second-order valence-electron chi connectivity index (χ2n) is 14.8. The van der Waals surface area contributed by atoms with Crippen LogP contribution in [0.3, 0.4) is 0 Å². The van der Waals surface area contributed by atoms with Crippen LogP contribution >= 0.6 is 0 Å². The molecule has 2 N–H and O–H groups in total. The van der Waals surface area contributed by atoms with Gasteiger partial charge in [0, 0.05) is 76.9 Å². The van der Waals surface area contributed by atoms with E-state index < -0.39 is 0 Å². The summed E-state index contributed by atoms with van der Waals surface area (Å²) in [5.74, 6) is 3.55. The topological polar surface area (TPSA) is 83.1 Å². The van der Waals surface area contributed by atoms with E-state index in [1.165, 1.54) is 32.2 Å². The van der Waals surface area contributed by atoms with E-state index in [-0.39, 0.29) is 35.7 Å². The summed E-state index contributed by atoms with van der Waals surface area (Å²) in [4.78, 5) is 32.0. The van der Waals surface area contributed by atoms with Gasteiger partial charge in [0.25, 0.3) is 0 Å². The van der Waals surface area contributed by atoms with Crippen molar-refractivity contribution >= 4 is 11.8 Å². The molecule has 0 aromatic heterocycles. The summed E-state index contributed by atoms with van der Waals surface area (Å²) in [6.45, 7) is 16.9. The van der Waals surface area contributed by atoms with Crippen LogP contribution < -0.4 is 10.6 Å². The fourth-order valence-electron chi connectivity index (χ4n) is 9.27. The Morgan fingerprint density at radius 3 is 2.24 bits per heavy atom. The van der Waals surface area contributed by atoms with Crippen molar-refractivity contribution in [1.82, 2.24) is 20.4 Å². The second-order valence-corrected chi connectivity index (χ2v) is 14.8. The van der Waals surface area contributed by atoms with Gasteiger partial charge >= 0.3 is 0 Å². The van der Waals surface area contributed by atoms with Gasteiger partial charge in [0.2, 0.25) is 11.8 Å². The Bertz CT molecular complexity index is 868. The number of morpholine rings is 1. The minimum Gasteiger partial charge on any atom is -0.381 e. The molecule has 3 aliphatic heterocycles. The number of ether oxygens (including phenoxy) is 2. The number of rotatable bonds is 8. The van der Waals surface area contributed by atoms with Crippen molar-refractivity contribution in [1.29, 1.82) is 0 Å². The van der Waals surface area contributed by atoms with E-state index in [0.717, 1.165) is 90.6 Å². The maximum atomic E-state index is 14.0. The minimum absolute atomic E-state index is 0.0349. The fourth-order valence-corrected chi connectivity index (χ4v) is 9.27. The number of piperidine rings is 1. The van der Waals surface area contributed by atoms with Crippen molar-refractivity contribution < 1.29 is 19.1 Å². The Labute approximate surface area is 255 Å². The van der Waals surface area contributed by atoms with E-state index in [1.54, 1.807) is 6.92 Å². The van der Waals surface area contributed by atoms with Crippen LogP contribution in [-0.4, -0.2) is 98.9 Å². The van der Waals surface area contributed by atoms with Crippen molar-refractivity contribution in [2.24, 2.45) is 41.4 Å². The van der Waals surface area contributed by atoms with Gasteiger partial charge in [0.15, 0.2) is 0 Å². The molecule has 5 fully saturated rings. The molecular weight excluding hydrogens is 528 g/mol. The van der Waals surface area contributed by atoms with Crippen LogP contribution in [0, 0.1) is 41.4 Å². The second kappa shape index (κ2) is 15.2. The monoisotopic (exact) mass is 588 g/mol. The molecule has 0 aromatic rings. The molecule has 0 aromatic carbocycles. The summed E-state index contributed by atoms with van der Waals surface area (Å²) in [6, 6.07) is 0.910. The van der Waals surface area contributed by atoms with Crippen LogP contribution in [0.2, 0.25) is 0 Å². The number of hydrogen-bond acceptors (Lipinski definition) is 6. The van der Waals surface area contributed by atoms with E-state index >= 15 is 0 Å². The van der Waals surface area contributed by atoms with Gasteiger partial charge in [0.1, 0.15) is 0 Å². The quantitative estimate of drug-likeness (QED) is 0.447. The Morgan fingerprint density at radius 1 is 0.881 bits per heavy atom. The lowest BCUT2D eigenvalue weighted by atomic mass is 9.63. The van der Waals surface area contributed by atoms with Gasteiger partial charge in [-0.1, -0.05) is 13.8 Å². The molecule has 8 nitrogen and oxygen atoms in total. The number of hydrogen-bond donors (Lipinski definition) is 2. The van der Waals surface area contributed by atoms with Crippen molar-refractivity contribution in [3.8, 4) is 0 Å². The lowest BCUT2D eigenvalue weighted by Gasteiger charge is -2.50. The highest BCUT2D eigenvalue weighted by Crippen LogP contribution is 2.46. The molecule has 2 aliphatic carbocycles. The average Bonchev–Trinajstić information content (AvgIpc) is 2.99. The van der Waals surface area contributed by atoms with Gasteiger partial charge in [0.05, 0.1) is 13.2 Å². The molecule has 0 radical (unpaired) electrons. The fraction of sp³-hybridized carbons (Fsp3) is 0.941. The molecule has 7 atom stereocenters. The summed E-state index contributed by atoms with van der Waals surface area (Å²) in [6.07, 6.45) is 10.1. The van der Waals surface area contributed by atoms with Crippen molar-refractivity contribution in [2.45, 2.75) is 104 Å². The zero-order valence-electron chi connectivity index (χ0n) is 27.0. The predicted molar refractivity (Wildman–Crippen MR) is 166 cm³/mol. The number of nitrogens with one attached hydrogen (secondary N) is 2.